The van der Waals surface area contributed by atoms with E-state index in [9.17, 15) is 4.79 Å². The van der Waals surface area contributed by atoms with Crippen LogP contribution in [0.1, 0.15) is 36.2 Å². The van der Waals surface area contributed by atoms with Gasteiger partial charge in [0.25, 0.3) is 5.91 Å². The zero-order chi connectivity index (χ0) is 13.9. The topological polar surface area (TPSA) is 45.3 Å². The number of amides is 1. The average Bonchev–Trinajstić information content (AvgIpc) is 2.73. The fraction of sp³-hybridized carbons (Fsp3) is 0.438. The highest BCUT2D eigenvalue weighted by molar-refractivity contribution is 5.99. The molecule has 0 saturated carbocycles. The van der Waals surface area contributed by atoms with Gasteiger partial charge in [-0.25, -0.2) is 0 Å². The molecule has 0 atom stereocenters. The molecule has 3 rings (SSSR count). The number of carbonyl (C=O) groups excluding carboxylic acids is 1. The number of nitrogens with one attached hydrogen (secondary N) is 1. The van der Waals surface area contributed by atoms with Crippen LogP contribution in [0.4, 0.5) is 0 Å². The molecule has 0 bridgehead atoms. The fourth-order valence-corrected chi connectivity index (χ4v) is 2.86. The highest BCUT2D eigenvalue weighted by Gasteiger charge is 2.19. The van der Waals surface area contributed by atoms with E-state index in [1.54, 1.807) is 7.11 Å². The van der Waals surface area contributed by atoms with Crippen LogP contribution in [0.15, 0.2) is 24.3 Å². The third-order valence-corrected chi connectivity index (χ3v) is 3.96. The highest BCUT2D eigenvalue weighted by Crippen LogP contribution is 2.26. The van der Waals surface area contributed by atoms with Crippen LogP contribution >= 0.6 is 0 Å². The maximum absolute atomic E-state index is 12.6. The SMILES string of the molecule is COc1cccc2cc(C(=O)N3CCCCCC3)[nH]c12. The van der Waals surface area contributed by atoms with Gasteiger partial charge in [-0.3, -0.25) is 4.79 Å². The molecule has 4 heteroatoms. The Bertz CT molecular complexity index is 610. The van der Waals surface area contributed by atoms with Gasteiger partial charge in [0.05, 0.1) is 12.6 Å². The van der Waals surface area contributed by atoms with Gasteiger partial charge >= 0.3 is 0 Å². The molecule has 1 saturated heterocycles. The lowest BCUT2D eigenvalue weighted by Crippen LogP contribution is -2.32. The van der Waals surface area contributed by atoms with Gasteiger partial charge in [0.15, 0.2) is 0 Å². The maximum Gasteiger partial charge on any atom is 0.270 e. The van der Waals surface area contributed by atoms with Gasteiger partial charge in [0, 0.05) is 18.5 Å². The van der Waals surface area contributed by atoms with E-state index in [2.05, 4.69) is 4.98 Å². The molecule has 2 heterocycles. The standard InChI is InChI=1S/C16H20N2O2/c1-20-14-8-6-7-12-11-13(17-15(12)14)16(19)18-9-4-2-3-5-10-18/h6-8,11,17H,2-5,9-10H2,1H3. The number of methoxy groups -OCH3 is 1. The second kappa shape index (κ2) is 5.57. The molecule has 1 fully saturated rings. The lowest BCUT2D eigenvalue weighted by molar-refractivity contribution is 0.0757. The summed E-state index contributed by atoms with van der Waals surface area (Å²) in [7, 11) is 1.64. The van der Waals surface area contributed by atoms with Crippen LogP contribution in [0.2, 0.25) is 0 Å². The Labute approximate surface area is 118 Å². The summed E-state index contributed by atoms with van der Waals surface area (Å²) in [4.78, 5) is 17.8. The van der Waals surface area contributed by atoms with Crippen molar-refractivity contribution < 1.29 is 9.53 Å². The number of ether oxygens (including phenoxy) is 1. The summed E-state index contributed by atoms with van der Waals surface area (Å²) < 4.78 is 5.33. The first-order chi connectivity index (χ1) is 9.79. The first-order valence-electron chi connectivity index (χ1n) is 7.24. The number of rotatable bonds is 2. The van der Waals surface area contributed by atoms with Gasteiger partial charge in [-0.1, -0.05) is 25.0 Å². The predicted octanol–water partition coefficient (Wildman–Crippen LogP) is 3.19. The summed E-state index contributed by atoms with van der Waals surface area (Å²) in [5.41, 5.74) is 1.56. The maximum atomic E-state index is 12.6. The van der Waals surface area contributed by atoms with Gasteiger partial charge in [-0.15, -0.1) is 0 Å². The highest BCUT2D eigenvalue weighted by atomic mass is 16.5. The summed E-state index contributed by atoms with van der Waals surface area (Å²) in [6.07, 6.45) is 4.67. The van der Waals surface area contributed by atoms with Gasteiger partial charge in [0.2, 0.25) is 0 Å². The van der Waals surface area contributed by atoms with Crippen LogP contribution in [0.3, 0.4) is 0 Å². The van der Waals surface area contributed by atoms with Crippen molar-refractivity contribution in [3.8, 4) is 5.75 Å². The monoisotopic (exact) mass is 272 g/mol. The largest absolute Gasteiger partial charge is 0.495 e. The zero-order valence-corrected chi connectivity index (χ0v) is 11.8. The summed E-state index contributed by atoms with van der Waals surface area (Å²) in [5, 5.41) is 1.02. The van der Waals surface area contributed by atoms with Crippen molar-refractivity contribution in [2.24, 2.45) is 0 Å². The van der Waals surface area contributed by atoms with E-state index < -0.39 is 0 Å². The molecule has 0 spiro atoms. The number of likely N-dealkylation sites (tertiary alicyclic amines) is 1. The molecular weight excluding hydrogens is 252 g/mol. The van der Waals surface area contributed by atoms with E-state index in [1.807, 2.05) is 29.2 Å². The Kier molecular flexibility index (Phi) is 3.63. The lowest BCUT2D eigenvalue weighted by atomic mass is 10.2. The van der Waals surface area contributed by atoms with Crippen molar-refractivity contribution in [3.05, 3.63) is 30.0 Å². The Morgan fingerprint density at radius 3 is 2.65 bits per heavy atom. The van der Waals surface area contributed by atoms with Crippen molar-refractivity contribution in [1.82, 2.24) is 9.88 Å². The lowest BCUT2D eigenvalue weighted by Gasteiger charge is -2.19. The Morgan fingerprint density at radius 2 is 1.95 bits per heavy atom. The van der Waals surface area contributed by atoms with Crippen molar-refractivity contribution in [2.75, 3.05) is 20.2 Å². The van der Waals surface area contributed by atoms with Gasteiger partial charge in [-0.2, -0.15) is 0 Å². The third kappa shape index (κ3) is 2.38. The summed E-state index contributed by atoms with van der Waals surface area (Å²) >= 11 is 0. The molecule has 1 N–H and O–H groups in total. The second-order valence-electron chi connectivity index (χ2n) is 5.31. The second-order valence-corrected chi connectivity index (χ2v) is 5.31. The van der Waals surface area contributed by atoms with Crippen molar-refractivity contribution in [3.63, 3.8) is 0 Å². The molecule has 1 aromatic heterocycles. The molecule has 0 aliphatic carbocycles. The van der Waals surface area contributed by atoms with Gasteiger partial charge in [-0.05, 0) is 25.0 Å². The van der Waals surface area contributed by atoms with E-state index in [4.69, 9.17) is 4.74 Å². The van der Waals surface area contributed by atoms with E-state index in [0.29, 0.717) is 5.69 Å². The molecule has 1 aliphatic rings. The number of fused-ring (bicyclic) bond motifs is 1. The number of H-pyrrole nitrogens is 1. The number of nitrogens with zero attached hydrogens (tertiary/aromatic N) is 1. The Hall–Kier alpha value is -1.97. The molecule has 20 heavy (non-hydrogen) atoms. The van der Waals surface area contributed by atoms with Crippen LogP contribution in [-0.2, 0) is 0 Å². The Balaban J connectivity index is 1.91. The van der Waals surface area contributed by atoms with Crippen LogP contribution in [-0.4, -0.2) is 36.0 Å². The van der Waals surface area contributed by atoms with Crippen molar-refractivity contribution in [1.29, 1.82) is 0 Å². The number of hydrogen-bond acceptors (Lipinski definition) is 2. The van der Waals surface area contributed by atoms with Crippen LogP contribution < -0.4 is 4.74 Å². The number of hydrogen-bond donors (Lipinski definition) is 1. The molecule has 2 aromatic rings. The van der Waals surface area contributed by atoms with E-state index >= 15 is 0 Å². The molecule has 106 valence electrons. The number of aromatic amines is 1. The minimum atomic E-state index is 0.102. The molecule has 1 aliphatic heterocycles. The zero-order valence-electron chi connectivity index (χ0n) is 11.8. The summed E-state index contributed by atoms with van der Waals surface area (Å²) in [5.74, 6) is 0.877. The molecule has 0 unspecified atom stereocenters. The smallest absolute Gasteiger partial charge is 0.270 e. The van der Waals surface area contributed by atoms with E-state index in [1.165, 1.54) is 12.8 Å². The predicted molar refractivity (Wildman–Crippen MR) is 79.2 cm³/mol. The van der Waals surface area contributed by atoms with Crippen LogP contribution in [0, 0.1) is 0 Å². The molecular formula is C16H20N2O2. The molecule has 0 radical (unpaired) electrons. The number of para-hydroxylation sites is 1. The van der Waals surface area contributed by atoms with Crippen molar-refractivity contribution >= 4 is 16.8 Å². The first kappa shape index (κ1) is 13.0. The normalized spacial score (nSPS) is 16.1. The Morgan fingerprint density at radius 1 is 1.20 bits per heavy atom. The first-order valence-corrected chi connectivity index (χ1v) is 7.24. The molecule has 1 amide bonds. The van der Waals surface area contributed by atoms with Crippen LogP contribution in [0.5, 0.6) is 5.75 Å². The minimum Gasteiger partial charge on any atom is -0.495 e. The summed E-state index contributed by atoms with van der Waals surface area (Å²) in [6, 6.07) is 7.76. The average molecular weight is 272 g/mol. The number of carbonyl (C=O) groups is 1. The molecule has 1 aromatic carbocycles. The van der Waals surface area contributed by atoms with Gasteiger partial charge < -0.3 is 14.6 Å². The van der Waals surface area contributed by atoms with E-state index in [-0.39, 0.29) is 5.91 Å². The fourth-order valence-electron chi connectivity index (χ4n) is 2.86. The number of aromatic nitrogens is 1. The van der Waals surface area contributed by atoms with Gasteiger partial charge in [0.1, 0.15) is 11.4 Å². The number of benzene rings is 1. The summed E-state index contributed by atoms with van der Waals surface area (Å²) in [6.45, 7) is 1.73. The van der Waals surface area contributed by atoms with Crippen LogP contribution in [0.25, 0.3) is 10.9 Å². The quantitative estimate of drug-likeness (QED) is 0.912. The molecule has 4 nitrogen and oxygen atoms in total. The van der Waals surface area contributed by atoms with E-state index in [0.717, 1.165) is 42.6 Å². The van der Waals surface area contributed by atoms with Crippen molar-refractivity contribution in [2.45, 2.75) is 25.7 Å². The third-order valence-electron chi connectivity index (χ3n) is 3.96. The minimum absolute atomic E-state index is 0.102.